The number of carboxylic acid groups (broad SMARTS) is 1. The molecule has 0 aromatic rings. The van der Waals surface area contributed by atoms with E-state index in [1.165, 1.54) is 12.8 Å². The molecule has 0 aromatic carbocycles. The fourth-order valence-corrected chi connectivity index (χ4v) is 2.62. The summed E-state index contributed by atoms with van der Waals surface area (Å²) in [6.07, 6.45) is 4.19. The molecule has 3 rings (SSSR count). The van der Waals surface area contributed by atoms with E-state index >= 15 is 0 Å². The van der Waals surface area contributed by atoms with Gasteiger partial charge in [-0.15, -0.1) is 0 Å². The second-order valence-electron chi connectivity index (χ2n) is 5.43. The van der Waals surface area contributed by atoms with Crippen LogP contribution in [0.5, 0.6) is 0 Å². The molecule has 2 saturated carbocycles. The zero-order valence-corrected chi connectivity index (χ0v) is 9.65. The van der Waals surface area contributed by atoms with Gasteiger partial charge >= 0.3 is 5.97 Å². The lowest BCUT2D eigenvalue weighted by molar-refractivity contribution is -0.149. The quantitative estimate of drug-likeness (QED) is 0.702. The molecule has 1 aliphatic heterocycles. The zero-order valence-electron chi connectivity index (χ0n) is 9.65. The number of amides is 1. The van der Waals surface area contributed by atoms with Crippen molar-refractivity contribution in [3.8, 4) is 0 Å². The van der Waals surface area contributed by atoms with Gasteiger partial charge in [0.15, 0.2) is 0 Å². The van der Waals surface area contributed by atoms with Gasteiger partial charge < -0.3 is 15.2 Å². The minimum atomic E-state index is -1.13. The van der Waals surface area contributed by atoms with Crippen LogP contribution in [0.1, 0.15) is 32.1 Å². The molecule has 2 aliphatic carbocycles. The van der Waals surface area contributed by atoms with E-state index in [1.807, 2.05) is 0 Å². The van der Waals surface area contributed by atoms with Crippen molar-refractivity contribution in [2.45, 2.75) is 44.2 Å². The van der Waals surface area contributed by atoms with Crippen LogP contribution < -0.4 is 5.32 Å². The van der Waals surface area contributed by atoms with Gasteiger partial charge in [0.1, 0.15) is 5.41 Å². The topological polar surface area (TPSA) is 75.6 Å². The van der Waals surface area contributed by atoms with Gasteiger partial charge in [0.25, 0.3) is 0 Å². The van der Waals surface area contributed by atoms with Crippen LogP contribution in [0.15, 0.2) is 0 Å². The number of ether oxygens (including phenoxy) is 1. The maximum Gasteiger partial charge on any atom is 0.319 e. The van der Waals surface area contributed by atoms with Crippen LogP contribution >= 0.6 is 0 Å². The molecule has 3 aliphatic rings. The Morgan fingerprint density at radius 2 is 1.94 bits per heavy atom. The molecule has 2 atom stereocenters. The monoisotopic (exact) mass is 239 g/mol. The number of carbonyl (C=O) groups is 2. The van der Waals surface area contributed by atoms with Crippen molar-refractivity contribution in [2.75, 3.05) is 6.61 Å². The fraction of sp³-hybridized carbons (Fsp3) is 0.833. The Kier molecular flexibility index (Phi) is 2.40. The van der Waals surface area contributed by atoms with Crippen molar-refractivity contribution in [3.63, 3.8) is 0 Å². The van der Waals surface area contributed by atoms with E-state index in [4.69, 9.17) is 9.84 Å². The van der Waals surface area contributed by atoms with Gasteiger partial charge in [0.2, 0.25) is 5.91 Å². The van der Waals surface area contributed by atoms with Crippen molar-refractivity contribution in [1.29, 1.82) is 0 Å². The van der Waals surface area contributed by atoms with Crippen molar-refractivity contribution < 1.29 is 19.4 Å². The summed E-state index contributed by atoms with van der Waals surface area (Å²) in [5, 5.41) is 11.9. The molecule has 17 heavy (non-hydrogen) atoms. The molecular weight excluding hydrogens is 222 g/mol. The lowest BCUT2D eigenvalue weighted by Crippen LogP contribution is -2.46. The highest BCUT2D eigenvalue weighted by Gasteiger charge is 2.58. The third kappa shape index (κ3) is 1.82. The number of aliphatic carboxylic acids is 1. The van der Waals surface area contributed by atoms with Crippen LogP contribution in [-0.2, 0) is 14.3 Å². The molecule has 0 bridgehead atoms. The van der Waals surface area contributed by atoms with Gasteiger partial charge in [0, 0.05) is 6.61 Å². The summed E-state index contributed by atoms with van der Waals surface area (Å²) in [6.45, 7) is 0.673. The van der Waals surface area contributed by atoms with Gasteiger partial charge in [-0.3, -0.25) is 9.59 Å². The average molecular weight is 239 g/mol. The molecule has 1 amide bonds. The van der Waals surface area contributed by atoms with E-state index in [0.29, 0.717) is 25.4 Å². The molecule has 0 spiro atoms. The molecule has 1 saturated heterocycles. The lowest BCUT2D eigenvalue weighted by atomic mass is 10.0. The van der Waals surface area contributed by atoms with Gasteiger partial charge in [-0.2, -0.15) is 0 Å². The highest BCUT2D eigenvalue weighted by Crippen LogP contribution is 2.46. The molecule has 5 heteroatoms. The molecular formula is C12H17NO4. The van der Waals surface area contributed by atoms with Crippen LogP contribution in [-0.4, -0.2) is 35.7 Å². The van der Waals surface area contributed by atoms with E-state index in [1.54, 1.807) is 0 Å². The Morgan fingerprint density at radius 3 is 2.47 bits per heavy atom. The van der Waals surface area contributed by atoms with Crippen LogP contribution in [0.25, 0.3) is 0 Å². The maximum absolute atomic E-state index is 12.0. The highest BCUT2D eigenvalue weighted by molar-refractivity contribution is 6.04. The van der Waals surface area contributed by atoms with E-state index in [9.17, 15) is 9.59 Å². The first-order chi connectivity index (χ1) is 8.13. The van der Waals surface area contributed by atoms with E-state index in [-0.39, 0.29) is 18.1 Å². The van der Waals surface area contributed by atoms with E-state index in [2.05, 4.69) is 5.32 Å². The summed E-state index contributed by atoms with van der Waals surface area (Å²) in [4.78, 5) is 23.0. The first-order valence-corrected chi connectivity index (χ1v) is 6.29. The number of rotatable bonds is 4. The van der Waals surface area contributed by atoms with Gasteiger partial charge in [-0.25, -0.2) is 0 Å². The summed E-state index contributed by atoms with van der Waals surface area (Å²) >= 11 is 0. The summed E-state index contributed by atoms with van der Waals surface area (Å²) in [5.74, 6) is -0.731. The molecule has 1 heterocycles. The normalized spacial score (nSPS) is 34.4. The van der Waals surface area contributed by atoms with Crippen molar-refractivity contribution >= 4 is 11.9 Å². The van der Waals surface area contributed by atoms with Gasteiger partial charge in [-0.1, -0.05) is 0 Å². The van der Waals surface area contributed by atoms with E-state index in [0.717, 1.165) is 6.42 Å². The Morgan fingerprint density at radius 1 is 1.24 bits per heavy atom. The Labute approximate surface area is 99.5 Å². The Hall–Kier alpha value is -1.10. The number of carbonyl (C=O) groups excluding carboxylic acids is 1. The Bertz CT molecular complexity index is 360. The molecule has 5 nitrogen and oxygen atoms in total. The molecule has 0 aromatic heterocycles. The first kappa shape index (κ1) is 11.0. The van der Waals surface area contributed by atoms with Crippen molar-refractivity contribution in [1.82, 2.24) is 5.32 Å². The number of hydrogen-bond donors (Lipinski definition) is 2. The summed E-state index contributed by atoms with van der Waals surface area (Å²) < 4.78 is 5.62. The predicted molar refractivity (Wildman–Crippen MR) is 58.3 cm³/mol. The van der Waals surface area contributed by atoms with Crippen LogP contribution in [0, 0.1) is 11.3 Å². The summed E-state index contributed by atoms with van der Waals surface area (Å²) in [6, 6.07) is 0.0202. The third-order valence-corrected chi connectivity index (χ3v) is 4.13. The second-order valence-corrected chi connectivity index (χ2v) is 5.43. The second kappa shape index (κ2) is 3.70. The predicted octanol–water partition coefficient (Wildman–Crippen LogP) is 0.535. The average Bonchev–Trinajstić information content (AvgIpc) is 3.19. The van der Waals surface area contributed by atoms with Gasteiger partial charge in [0.05, 0.1) is 12.1 Å². The largest absolute Gasteiger partial charge is 0.480 e. The third-order valence-electron chi connectivity index (χ3n) is 4.13. The molecule has 0 radical (unpaired) electrons. The van der Waals surface area contributed by atoms with E-state index < -0.39 is 11.4 Å². The molecule has 94 valence electrons. The maximum atomic E-state index is 12.0. The molecule has 3 fully saturated rings. The number of hydrogen-bond acceptors (Lipinski definition) is 3. The minimum absolute atomic E-state index is 0.0202. The summed E-state index contributed by atoms with van der Waals surface area (Å²) in [5.41, 5.74) is -1.13. The SMILES string of the molecule is O=C(O)C1(C(=O)NC2CCOC2C2CC2)CC1. The smallest absolute Gasteiger partial charge is 0.319 e. The first-order valence-electron chi connectivity index (χ1n) is 6.29. The van der Waals surface area contributed by atoms with Crippen LogP contribution in [0.3, 0.4) is 0 Å². The zero-order chi connectivity index (χ0) is 12.0. The lowest BCUT2D eigenvalue weighted by Gasteiger charge is -2.21. The molecule has 2 unspecified atom stereocenters. The fourth-order valence-electron chi connectivity index (χ4n) is 2.62. The Balaban J connectivity index is 1.63. The standard InChI is InChI=1S/C12H17NO4/c14-10(12(4-5-12)11(15)16)13-8-3-6-17-9(8)7-1-2-7/h7-9H,1-6H2,(H,13,14)(H,15,16). The van der Waals surface area contributed by atoms with Crippen molar-refractivity contribution in [3.05, 3.63) is 0 Å². The summed E-state index contributed by atoms with van der Waals surface area (Å²) in [7, 11) is 0. The highest BCUT2D eigenvalue weighted by atomic mass is 16.5. The number of carboxylic acids is 1. The van der Waals surface area contributed by atoms with Crippen molar-refractivity contribution in [2.24, 2.45) is 11.3 Å². The minimum Gasteiger partial charge on any atom is -0.480 e. The van der Waals surface area contributed by atoms with Gasteiger partial charge in [-0.05, 0) is 38.0 Å². The molecule has 2 N–H and O–H groups in total. The van der Waals surface area contributed by atoms with Crippen LogP contribution in [0.2, 0.25) is 0 Å². The van der Waals surface area contributed by atoms with Crippen LogP contribution in [0.4, 0.5) is 0 Å². The number of nitrogens with one attached hydrogen (secondary N) is 1.